The Hall–Kier alpha value is -2.05. The van der Waals surface area contributed by atoms with Crippen LogP contribution in [0.25, 0.3) is 0 Å². The maximum atomic E-state index is 12.7. The summed E-state index contributed by atoms with van der Waals surface area (Å²) in [6.07, 6.45) is 1.53. The summed E-state index contributed by atoms with van der Waals surface area (Å²) >= 11 is 1.61. The number of hydrogen-bond donors (Lipinski definition) is 2. The van der Waals surface area contributed by atoms with Crippen molar-refractivity contribution in [1.29, 1.82) is 0 Å². The highest BCUT2D eigenvalue weighted by molar-refractivity contribution is 7.16. The van der Waals surface area contributed by atoms with E-state index in [2.05, 4.69) is 10.6 Å². The summed E-state index contributed by atoms with van der Waals surface area (Å²) in [6, 6.07) is 7.88. The van der Waals surface area contributed by atoms with E-state index in [0.717, 1.165) is 45.2 Å². The molecule has 0 radical (unpaired) electrons. The lowest BCUT2D eigenvalue weighted by atomic mass is 10.0. The van der Waals surface area contributed by atoms with Gasteiger partial charge in [0.2, 0.25) is 0 Å². The van der Waals surface area contributed by atoms with Crippen LogP contribution in [0.4, 0.5) is 5.00 Å². The van der Waals surface area contributed by atoms with E-state index in [-0.39, 0.29) is 5.91 Å². The predicted octanol–water partition coefficient (Wildman–Crippen LogP) is 2.84. The highest BCUT2D eigenvalue weighted by atomic mass is 32.1. The minimum Gasteiger partial charge on any atom is -0.496 e. The van der Waals surface area contributed by atoms with Crippen molar-refractivity contribution in [2.75, 3.05) is 32.6 Å². The van der Waals surface area contributed by atoms with Gasteiger partial charge in [0.05, 0.1) is 25.9 Å². The van der Waals surface area contributed by atoms with Crippen molar-refractivity contribution in [3.8, 4) is 5.75 Å². The number of nitrogens with one attached hydrogen (secondary N) is 2. The Morgan fingerprint density at radius 1 is 1.38 bits per heavy atom. The van der Waals surface area contributed by atoms with Crippen LogP contribution in [0.15, 0.2) is 24.3 Å². The van der Waals surface area contributed by atoms with Gasteiger partial charge in [-0.2, -0.15) is 0 Å². The van der Waals surface area contributed by atoms with E-state index in [0.29, 0.717) is 19.8 Å². The zero-order valence-corrected chi connectivity index (χ0v) is 14.8. The summed E-state index contributed by atoms with van der Waals surface area (Å²) in [5.74, 6) is 0.835. The minimum atomic E-state index is -0.0198. The van der Waals surface area contributed by atoms with Crippen LogP contribution in [0.3, 0.4) is 0 Å². The monoisotopic (exact) mass is 346 g/mol. The molecule has 0 atom stereocenters. The summed E-state index contributed by atoms with van der Waals surface area (Å²) in [4.78, 5) is 13.8. The molecule has 0 aliphatic carbocycles. The average Bonchev–Trinajstić information content (AvgIpc) is 3.00. The Labute approximate surface area is 146 Å². The lowest BCUT2D eigenvalue weighted by Crippen LogP contribution is -2.27. The molecule has 0 fully saturated rings. The van der Waals surface area contributed by atoms with Crippen molar-refractivity contribution in [3.05, 3.63) is 45.8 Å². The molecule has 128 valence electrons. The Morgan fingerprint density at radius 3 is 3.00 bits per heavy atom. The second kappa shape index (κ2) is 7.68. The van der Waals surface area contributed by atoms with Gasteiger partial charge in [0.1, 0.15) is 10.8 Å². The smallest absolute Gasteiger partial charge is 0.254 e. The largest absolute Gasteiger partial charge is 0.496 e. The number of ether oxygens (including phenoxy) is 2. The third-order valence-electron chi connectivity index (χ3n) is 4.15. The second-order valence-corrected chi connectivity index (χ2v) is 6.68. The van der Waals surface area contributed by atoms with Gasteiger partial charge in [-0.15, -0.1) is 11.3 Å². The van der Waals surface area contributed by atoms with Crippen molar-refractivity contribution in [3.63, 3.8) is 0 Å². The summed E-state index contributed by atoms with van der Waals surface area (Å²) in [5.41, 5.74) is 3.00. The zero-order chi connectivity index (χ0) is 16.9. The molecule has 1 aliphatic rings. The Morgan fingerprint density at radius 2 is 2.21 bits per heavy atom. The molecular weight excluding hydrogens is 324 g/mol. The summed E-state index contributed by atoms with van der Waals surface area (Å²) in [6.45, 7) is 1.85. The molecule has 0 unspecified atom stereocenters. The molecule has 0 bridgehead atoms. The number of anilines is 1. The molecule has 1 amide bonds. The van der Waals surface area contributed by atoms with Gasteiger partial charge in [0.25, 0.3) is 5.91 Å². The van der Waals surface area contributed by atoms with Crippen LogP contribution in [0, 0.1) is 0 Å². The van der Waals surface area contributed by atoms with Crippen LogP contribution in [0.5, 0.6) is 5.75 Å². The highest BCUT2D eigenvalue weighted by Crippen LogP contribution is 2.36. The topological polar surface area (TPSA) is 59.6 Å². The highest BCUT2D eigenvalue weighted by Gasteiger charge is 2.25. The first-order valence-corrected chi connectivity index (χ1v) is 8.86. The standard InChI is InChI=1S/C18H22N2O3S/c1-19-18-16(13-8-10-23-11-15(13)24-18)17(21)20-9-7-12-5-3-4-6-14(12)22-2/h3-6,19H,7-11H2,1-2H3,(H,20,21). The quantitative estimate of drug-likeness (QED) is 0.844. The molecule has 0 saturated carbocycles. The maximum Gasteiger partial charge on any atom is 0.254 e. The lowest BCUT2D eigenvalue weighted by Gasteiger charge is -2.14. The summed E-state index contributed by atoms with van der Waals surface area (Å²) in [7, 11) is 3.51. The van der Waals surface area contributed by atoms with Gasteiger partial charge in [0, 0.05) is 18.5 Å². The molecular formula is C18H22N2O3S. The first-order chi connectivity index (χ1) is 11.7. The molecule has 5 nitrogen and oxygen atoms in total. The molecule has 1 aromatic heterocycles. The Kier molecular flexibility index (Phi) is 5.37. The van der Waals surface area contributed by atoms with E-state index in [4.69, 9.17) is 9.47 Å². The van der Waals surface area contributed by atoms with Crippen LogP contribution in [0.1, 0.15) is 26.4 Å². The Balaban J connectivity index is 1.68. The van der Waals surface area contributed by atoms with Crippen LogP contribution in [0.2, 0.25) is 0 Å². The van der Waals surface area contributed by atoms with Crippen LogP contribution < -0.4 is 15.4 Å². The number of benzene rings is 1. The average molecular weight is 346 g/mol. The Bertz CT molecular complexity index is 727. The molecule has 2 N–H and O–H groups in total. The van der Waals surface area contributed by atoms with Crippen molar-refractivity contribution < 1.29 is 14.3 Å². The van der Waals surface area contributed by atoms with Crippen molar-refractivity contribution in [2.24, 2.45) is 0 Å². The van der Waals surface area contributed by atoms with Gasteiger partial charge in [-0.3, -0.25) is 4.79 Å². The fourth-order valence-corrected chi connectivity index (χ4v) is 4.09. The predicted molar refractivity (Wildman–Crippen MR) is 96.3 cm³/mol. The van der Waals surface area contributed by atoms with Gasteiger partial charge in [-0.05, 0) is 30.0 Å². The van der Waals surface area contributed by atoms with Gasteiger partial charge < -0.3 is 20.1 Å². The molecule has 24 heavy (non-hydrogen) atoms. The number of amides is 1. The molecule has 0 spiro atoms. The van der Waals surface area contributed by atoms with Crippen molar-refractivity contribution >= 4 is 22.2 Å². The first-order valence-electron chi connectivity index (χ1n) is 8.04. The number of carbonyl (C=O) groups excluding carboxylic acids is 1. The van der Waals surface area contributed by atoms with E-state index in [1.165, 1.54) is 0 Å². The summed E-state index contributed by atoms with van der Waals surface area (Å²) in [5, 5.41) is 7.10. The lowest BCUT2D eigenvalue weighted by molar-refractivity contribution is 0.0946. The summed E-state index contributed by atoms with van der Waals surface area (Å²) < 4.78 is 10.8. The van der Waals surface area contributed by atoms with Gasteiger partial charge in [-0.25, -0.2) is 0 Å². The van der Waals surface area contributed by atoms with Crippen LogP contribution in [-0.2, 0) is 24.2 Å². The van der Waals surface area contributed by atoms with Crippen LogP contribution in [-0.4, -0.2) is 33.2 Å². The first kappa shape index (κ1) is 16.8. The zero-order valence-electron chi connectivity index (χ0n) is 14.0. The molecule has 0 saturated heterocycles. The number of methoxy groups -OCH3 is 1. The molecule has 6 heteroatoms. The SMILES string of the molecule is CNc1sc2c(c1C(=O)NCCc1ccccc1OC)CCOC2. The molecule has 1 aromatic carbocycles. The molecule has 2 aromatic rings. The van der Waals surface area contributed by atoms with Crippen molar-refractivity contribution in [1.82, 2.24) is 5.32 Å². The number of thiophene rings is 1. The van der Waals surface area contributed by atoms with Gasteiger partial charge in [-0.1, -0.05) is 18.2 Å². The number of carbonyl (C=O) groups is 1. The number of para-hydroxylation sites is 1. The molecule has 1 aliphatic heterocycles. The normalized spacial score (nSPS) is 13.2. The fraction of sp³-hybridized carbons (Fsp3) is 0.389. The van der Waals surface area contributed by atoms with Gasteiger partial charge >= 0.3 is 0 Å². The van der Waals surface area contributed by atoms with E-state index in [9.17, 15) is 4.79 Å². The fourth-order valence-electron chi connectivity index (χ4n) is 2.96. The van der Waals surface area contributed by atoms with E-state index in [1.54, 1.807) is 18.4 Å². The van der Waals surface area contributed by atoms with Gasteiger partial charge in [0.15, 0.2) is 0 Å². The second-order valence-electron chi connectivity index (χ2n) is 5.58. The molecule has 2 heterocycles. The number of hydrogen-bond acceptors (Lipinski definition) is 5. The number of rotatable bonds is 6. The van der Waals surface area contributed by atoms with E-state index < -0.39 is 0 Å². The molecule has 3 rings (SSSR count). The van der Waals surface area contributed by atoms with Crippen molar-refractivity contribution in [2.45, 2.75) is 19.4 Å². The maximum absolute atomic E-state index is 12.7. The van der Waals surface area contributed by atoms with Crippen LogP contribution >= 0.6 is 11.3 Å². The van der Waals surface area contributed by atoms with E-state index >= 15 is 0 Å². The third-order valence-corrected chi connectivity index (χ3v) is 5.37. The third kappa shape index (κ3) is 3.39. The minimum absolute atomic E-state index is 0.0198. The number of fused-ring (bicyclic) bond motifs is 1. The van der Waals surface area contributed by atoms with E-state index in [1.807, 2.05) is 31.3 Å².